The smallest absolute Gasteiger partial charge is 0.304 e. The van der Waals surface area contributed by atoms with Crippen LogP contribution in [0, 0.1) is 0 Å². The molecule has 0 spiro atoms. The number of nitrogens with zero attached hydrogens (tertiary/aromatic N) is 3. The van der Waals surface area contributed by atoms with E-state index in [1.807, 2.05) is 55.3 Å². The van der Waals surface area contributed by atoms with Gasteiger partial charge >= 0.3 is 5.97 Å². The molecule has 0 aromatic heterocycles. The molecule has 1 aliphatic heterocycles. The molecule has 0 aliphatic carbocycles. The Labute approximate surface area is 230 Å². The number of carbonyl (C=O) groups is 2. The summed E-state index contributed by atoms with van der Waals surface area (Å²) in [4.78, 5) is 29.0. The van der Waals surface area contributed by atoms with Crippen molar-refractivity contribution in [3.63, 3.8) is 0 Å². The fourth-order valence-corrected chi connectivity index (χ4v) is 4.89. The van der Waals surface area contributed by atoms with Crippen molar-refractivity contribution in [1.29, 1.82) is 0 Å². The minimum atomic E-state index is -0.432. The molecule has 1 atom stereocenters. The van der Waals surface area contributed by atoms with Crippen molar-refractivity contribution in [2.45, 2.75) is 45.8 Å². The number of anilines is 2. The Bertz CT molecular complexity index is 1040. The lowest BCUT2D eigenvalue weighted by molar-refractivity contribution is -0.145. The second kappa shape index (κ2) is 14.5. The Morgan fingerprint density at radius 1 is 1.14 bits per heavy atom. The Kier molecular flexibility index (Phi) is 11.4. The van der Waals surface area contributed by atoms with Crippen molar-refractivity contribution >= 4 is 46.8 Å². The average Bonchev–Trinajstić information content (AvgIpc) is 2.88. The molecule has 1 aliphatic rings. The zero-order valence-electron chi connectivity index (χ0n) is 21.9. The molecule has 2 aromatic carbocycles. The van der Waals surface area contributed by atoms with Crippen molar-refractivity contribution in [3.05, 3.63) is 52.0 Å². The highest BCUT2D eigenvalue weighted by atomic mass is 35.5. The molecule has 1 fully saturated rings. The molecule has 1 heterocycles. The number of aldehydes is 1. The number of halogens is 2. The van der Waals surface area contributed by atoms with Gasteiger partial charge in [-0.2, -0.15) is 0 Å². The topological polar surface area (TPSA) is 62.3 Å². The van der Waals surface area contributed by atoms with Gasteiger partial charge in [0, 0.05) is 58.3 Å². The van der Waals surface area contributed by atoms with Crippen molar-refractivity contribution in [1.82, 2.24) is 4.90 Å². The van der Waals surface area contributed by atoms with Crippen molar-refractivity contribution in [3.8, 4) is 5.75 Å². The summed E-state index contributed by atoms with van der Waals surface area (Å²) in [5.41, 5.74) is 2.91. The summed E-state index contributed by atoms with van der Waals surface area (Å²) >= 11 is 12.6. The maximum atomic E-state index is 11.4. The van der Waals surface area contributed by atoms with Crippen LogP contribution in [0.5, 0.6) is 5.75 Å². The van der Waals surface area contributed by atoms with Crippen molar-refractivity contribution in [2.75, 3.05) is 56.2 Å². The first-order valence-electron chi connectivity index (χ1n) is 12.8. The zero-order chi connectivity index (χ0) is 26.8. The van der Waals surface area contributed by atoms with Gasteiger partial charge in [0.2, 0.25) is 0 Å². The Morgan fingerprint density at radius 2 is 1.89 bits per heavy atom. The molecule has 0 radical (unpaired) electrons. The SMILES string of the molecule is CC(=O)OC(C)N(C)c1cc(OCCCCN2CCN(c3cccc(Cl)c3Cl)CC2)ccc1CCC=O. The van der Waals surface area contributed by atoms with E-state index in [4.69, 9.17) is 32.7 Å². The van der Waals surface area contributed by atoms with Crippen LogP contribution in [0.15, 0.2) is 36.4 Å². The van der Waals surface area contributed by atoms with E-state index in [2.05, 4.69) is 9.80 Å². The van der Waals surface area contributed by atoms with Crippen LogP contribution in [0.1, 0.15) is 38.7 Å². The summed E-state index contributed by atoms with van der Waals surface area (Å²) in [5, 5.41) is 1.22. The highest BCUT2D eigenvalue weighted by Gasteiger charge is 2.20. The summed E-state index contributed by atoms with van der Waals surface area (Å²) in [6, 6.07) is 11.7. The van der Waals surface area contributed by atoms with Gasteiger partial charge in [-0.3, -0.25) is 9.69 Å². The van der Waals surface area contributed by atoms with Gasteiger partial charge in [0.25, 0.3) is 0 Å². The van der Waals surface area contributed by atoms with E-state index in [9.17, 15) is 9.59 Å². The highest BCUT2D eigenvalue weighted by molar-refractivity contribution is 6.43. The second-order valence-electron chi connectivity index (χ2n) is 9.27. The minimum Gasteiger partial charge on any atom is -0.494 e. The molecule has 7 nitrogen and oxygen atoms in total. The molecule has 202 valence electrons. The van der Waals surface area contributed by atoms with Crippen LogP contribution in [-0.4, -0.2) is 69.8 Å². The zero-order valence-corrected chi connectivity index (χ0v) is 23.4. The Morgan fingerprint density at radius 3 is 2.59 bits per heavy atom. The van der Waals surface area contributed by atoms with Gasteiger partial charge in [-0.05, 0) is 56.5 Å². The molecule has 0 bridgehead atoms. The number of piperazine rings is 1. The largest absolute Gasteiger partial charge is 0.494 e. The van der Waals surface area contributed by atoms with Crippen LogP contribution in [0.4, 0.5) is 11.4 Å². The summed E-state index contributed by atoms with van der Waals surface area (Å²) in [6.45, 7) is 8.69. The first kappa shape index (κ1) is 29.1. The van der Waals surface area contributed by atoms with Gasteiger partial charge in [-0.25, -0.2) is 0 Å². The van der Waals surface area contributed by atoms with E-state index in [1.165, 1.54) is 6.92 Å². The molecular weight excluding hydrogens is 513 g/mol. The van der Waals surface area contributed by atoms with Gasteiger partial charge in [0.05, 0.1) is 22.3 Å². The van der Waals surface area contributed by atoms with E-state index in [1.54, 1.807) is 0 Å². The van der Waals surface area contributed by atoms with Crippen LogP contribution in [0.3, 0.4) is 0 Å². The lowest BCUT2D eigenvalue weighted by atomic mass is 10.1. The molecule has 0 amide bonds. The summed E-state index contributed by atoms with van der Waals surface area (Å²) in [6.07, 6.45) is 3.53. The van der Waals surface area contributed by atoms with Crippen LogP contribution in [-0.2, 0) is 20.7 Å². The molecule has 2 aromatic rings. The van der Waals surface area contributed by atoms with Gasteiger partial charge in [0.15, 0.2) is 6.23 Å². The first-order valence-corrected chi connectivity index (χ1v) is 13.6. The van der Waals surface area contributed by atoms with Crippen LogP contribution < -0.4 is 14.5 Å². The molecule has 0 N–H and O–H groups in total. The van der Waals surface area contributed by atoms with Gasteiger partial charge in [-0.1, -0.05) is 35.3 Å². The number of hydrogen-bond donors (Lipinski definition) is 0. The molecule has 1 saturated heterocycles. The number of aryl methyl sites for hydroxylation is 1. The molecule has 1 unspecified atom stereocenters. The molecule has 37 heavy (non-hydrogen) atoms. The number of ether oxygens (including phenoxy) is 2. The van der Waals surface area contributed by atoms with E-state index >= 15 is 0 Å². The number of hydrogen-bond acceptors (Lipinski definition) is 7. The standard InChI is InChI=1S/C28H37Cl2N3O4/c1-21(37-22(2)35)31(3)27-20-24(12-11-23(27)8-7-18-34)36-19-5-4-13-32-14-16-33(17-15-32)26-10-6-9-25(29)28(26)30/h6,9-12,18,20-21H,4-5,7-8,13-17,19H2,1-3H3. The van der Waals surface area contributed by atoms with Gasteiger partial charge in [-0.15, -0.1) is 0 Å². The third-order valence-corrected chi connectivity index (χ3v) is 7.44. The molecule has 9 heteroatoms. The molecular formula is C28H37Cl2N3O4. The normalized spacial score (nSPS) is 14.8. The van der Waals surface area contributed by atoms with Gasteiger partial charge < -0.3 is 24.1 Å². The van der Waals surface area contributed by atoms with Crippen molar-refractivity contribution in [2.24, 2.45) is 0 Å². The van der Waals surface area contributed by atoms with Crippen LogP contribution in [0.25, 0.3) is 0 Å². The highest BCUT2D eigenvalue weighted by Crippen LogP contribution is 2.33. The third-order valence-electron chi connectivity index (χ3n) is 6.63. The fraction of sp³-hybridized carbons (Fsp3) is 0.500. The summed E-state index contributed by atoms with van der Waals surface area (Å²) in [7, 11) is 1.87. The second-order valence-corrected chi connectivity index (χ2v) is 10.1. The van der Waals surface area contributed by atoms with E-state index < -0.39 is 6.23 Å². The maximum absolute atomic E-state index is 11.4. The lowest BCUT2D eigenvalue weighted by Gasteiger charge is -2.36. The first-order chi connectivity index (χ1) is 17.8. The Hall–Kier alpha value is -2.48. The quantitative estimate of drug-likeness (QED) is 0.142. The van der Waals surface area contributed by atoms with Crippen LogP contribution >= 0.6 is 23.2 Å². The Balaban J connectivity index is 1.45. The van der Waals surface area contributed by atoms with E-state index in [0.717, 1.165) is 74.5 Å². The number of benzene rings is 2. The minimum absolute atomic E-state index is 0.337. The number of esters is 1. The monoisotopic (exact) mass is 549 g/mol. The predicted octanol–water partition coefficient (Wildman–Crippen LogP) is 5.45. The maximum Gasteiger partial charge on any atom is 0.304 e. The average molecular weight is 551 g/mol. The summed E-state index contributed by atoms with van der Waals surface area (Å²) < 4.78 is 11.4. The van der Waals surface area contributed by atoms with E-state index in [-0.39, 0.29) is 5.97 Å². The predicted molar refractivity (Wildman–Crippen MR) is 150 cm³/mol. The lowest BCUT2D eigenvalue weighted by Crippen LogP contribution is -2.46. The summed E-state index contributed by atoms with van der Waals surface area (Å²) in [5.74, 6) is 0.426. The number of carbonyl (C=O) groups excluding carboxylic acids is 2. The van der Waals surface area contributed by atoms with Crippen molar-refractivity contribution < 1.29 is 19.1 Å². The molecule has 0 saturated carbocycles. The fourth-order valence-electron chi connectivity index (χ4n) is 4.48. The molecule has 3 rings (SSSR count). The van der Waals surface area contributed by atoms with E-state index in [0.29, 0.717) is 29.5 Å². The number of rotatable bonds is 13. The van der Waals surface area contributed by atoms with Gasteiger partial charge in [0.1, 0.15) is 12.0 Å². The van der Waals surface area contributed by atoms with Crippen LogP contribution in [0.2, 0.25) is 10.0 Å². The third kappa shape index (κ3) is 8.52. The number of unbranched alkanes of at least 4 members (excludes halogenated alkanes) is 1.